The van der Waals surface area contributed by atoms with Crippen LogP contribution in [-0.2, 0) is 0 Å². The minimum absolute atomic E-state index is 0.0173. The zero-order valence-electron chi connectivity index (χ0n) is 10.7. The molecule has 0 fully saturated rings. The normalized spacial score (nSPS) is 12.8. The lowest BCUT2D eigenvalue weighted by atomic mass is 10.1. The standard InChI is InChI=1S/C13H21BrN2O/c1-10(15)12-9-11(14)5-6-13(12)17-8-4-7-16(2)3/h5-6,9-10H,4,7-8,15H2,1-3H3. The van der Waals surface area contributed by atoms with Crippen molar-refractivity contribution in [1.29, 1.82) is 0 Å². The number of nitrogens with two attached hydrogens (primary N) is 1. The molecule has 0 aromatic heterocycles. The van der Waals surface area contributed by atoms with E-state index in [0.717, 1.165) is 35.4 Å². The van der Waals surface area contributed by atoms with Gasteiger partial charge in [-0.05, 0) is 45.6 Å². The summed E-state index contributed by atoms with van der Waals surface area (Å²) in [7, 11) is 4.13. The fraction of sp³-hybridized carbons (Fsp3) is 0.538. The summed E-state index contributed by atoms with van der Waals surface area (Å²) in [5, 5.41) is 0. The maximum atomic E-state index is 5.93. The molecule has 0 aliphatic rings. The van der Waals surface area contributed by atoms with Crippen molar-refractivity contribution in [2.75, 3.05) is 27.2 Å². The van der Waals surface area contributed by atoms with Crippen LogP contribution in [0.1, 0.15) is 24.9 Å². The molecular weight excluding hydrogens is 280 g/mol. The zero-order valence-corrected chi connectivity index (χ0v) is 12.3. The van der Waals surface area contributed by atoms with E-state index in [0.29, 0.717) is 0 Å². The van der Waals surface area contributed by atoms with Gasteiger partial charge in [0.25, 0.3) is 0 Å². The molecule has 0 heterocycles. The van der Waals surface area contributed by atoms with Gasteiger partial charge in [0.1, 0.15) is 5.75 Å². The molecule has 3 nitrogen and oxygen atoms in total. The highest BCUT2D eigenvalue weighted by atomic mass is 79.9. The van der Waals surface area contributed by atoms with Crippen molar-refractivity contribution >= 4 is 15.9 Å². The third kappa shape index (κ3) is 5.06. The topological polar surface area (TPSA) is 38.5 Å². The van der Waals surface area contributed by atoms with Crippen molar-refractivity contribution in [2.45, 2.75) is 19.4 Å². The third-order valence-corrected chi connectivity index (χ3v) is 2.96. The van der Waals surface area contributed by atoms with E-state index in [1.165, 1.54) is 0 Å². The number of nitrogens with zero attached hydrogens (tertiary/aromatic N) is 1. The molecule has 1 unspecified atom stereocenters. The second-order valence-electron chi connectivity index (χ2n) is 4.48. The number of hydrogen-bond donors (Lipinski definition) is 1. The number of hydrogen-bond acceptors (Lipinski definition) is 3. The van der Waals surface area contributed by atoms with Crippen molar-refractivity contribution in [1.82, 2.24) is 4.90 Å². The van der Waals surface area contributed by atoms with Gasteiger partial charge in [-0.15, -0.1) is 0 Å². The van der Waals surface area contributed by atoms with Gasteiger partial charge in [-0.25, -0.2) is 0 Å². The highest BCUT2D eigenvalue weighted by Gasteiger charge is 2.08. The van der Waals surface area contributed by atoms with Crippen molar-refractivity contribution in [2.24, 2.45) is 5.73 Å². The van der Waals surface area contributed by atoms with E-state index < -0.39 is 0 Å². The average molecular weight is 301 g/mol. The molecule has 1 aromatic carbocycles. The van der Waals surface area contributed by atoms with Crippen LogP contribution in [-0.4, -0.2) is 32.1 Å². The first kappa shape index (κ1) is 14.5. The molecule has 0 radical (unpaired) electrons. The average Bonchev–Trinajstić information content (AvgIpc) is 2.25. The Kier molecular flexibility index (Phi) is 5.95. The Morgan fingerprint density at radius 2 is 2.12 bits per heavy atom. The quantitative estimate of drug-likeness (QED) is 0.821. The van der Waals surface area contributed by atoms with Crippen LogP contribution in [0.4, 0.5) is 0 Å². The Hall–Kier alpha value is -0.580. The highest BCUT2D eigenvalue weighted by molar-refractivity contribution is 9.10. The predicted molar refractivity (Wildman–Crippen MR) is 75.4 cm³/mol. The molecule has 2 N–H and O–H groups in total. The Labute approximate surface area is 112 Å². The molecule has 4 heteroatoms. The smallest absolute Gasteiger partial charge is 0.124 e. The molecule has 1 atom stereocenters. The van der Waals surface area contributed by atoms with Gasteiger partial charge < -0.3 is 15.4 Å². The molecule has 17 heavy (non-hydrogen) atoms. The monoisotopic (exact) mass is 300 g/mol. The predicted octanol–water partition coefficient (Wildman–Crippen LogP) is 2.80. The Morgan fingerprint density at radius 1 is 1.41 bits per heavy atom. The number of benzene rings is 1. The molecule has 0 saturated heterocycles. The molecular formula is C13H21BrN2O. The summed E-state index contributed by atoms with van der Waals surface area (Å²) >= 11 is 3.45. The van der Waals surface area contributed by atoms with E-state index in [2.05, 4.69) is 34.9 Å². The minimum Gasteiger partial charge on any atom is -0.493 e. The molecule has 0 bridgehead atoms. The van der Waals surface area contributed by atoms with Crippen molar-refractivity contribution in [3.8, 4) is 5.75 Å². The summed E-state index contributed by atoms with van der Waals surface area (Å²) in [6, 6.07) is 5.95. The van der Waals surface area contributed by atoms with Gasteiger partial charge in [0, 0.05) is 22.6 Å². The third-order valence-electron chi connectivity index (χ3n) is 2.47. The Balaban J connectivity index is 2.58. The van der Waals surface area contributed by atoms with Crippen LogP contribution < -0.4 is 10.5 Å². The lowest BCUT2D eigenvalue weighted by Crippen LogP contribution is -2.16. The molecule has 0 saturated carbocycles. The SMILES string of the molecule is CC(N)c1cc(Br)ccc1OCCCN(C)C. The van der Waals surface area contributed by atoms with Gasteiger partial charge >= 0.3 is 0 Å². The van der Waals surface area contributed by atoms with Crippen LogP contribution in [0.25, 0.3) is 0 Å². The van der Waals surface area contributed by atoms with Gasteiger partial charge in [-0.2, -0.15) is 0 Å². The molecule has 1 rings (SSSR count). The van der Waals surface area contributed by atoms with Gasteiger partial charge in [-0.1, -0.05) is 15.9 Å². The molecule has 1 aromatic rings. The zero-order chi connectivity index (χ0) is 12.8. The van der Waals surface area contributed by atoms with Gasteiger partial charge in [-0.3, -0.25) is 0 Å². The summed E-state index contributed by atoms with van der Waals surface area (Å²) in [4.78, 5) is 2.15. The summed E-state index contributed by atoms with van der Waals surface area (Å²) < 4.78 is 6.81. The molecule has 0 aliphatic heterocycles. The number of rotatable bonds is 6. The van der Waals surface area contributed by atoms with E-state index in [9.17, 15) is 0 Å². The van der Waals surface area contributed by atoms with Crippen LogP contribution in [0.5, 0.6) is 5.75 Å². The van der Waals surface area contributed by atoms with Gasteiger partial charge in [0.15, 0.2) is 0 Å². The van der Waals surface area contributed by atoms with E-state index in [1.807, 2.05) is 25.1 Å². The van der Waals surface area contributed by atoms with Crippen LogP contribution in [0.15, 0.2) is 22.7 Å². The summed E-state index contributed by atoms with van der Waals surface area (Å²) in [5.41, 5.74) is 6.97. The first-order chi connectivity index (χ1) is 8.00. The minimum atomic E-state index is -0.0173. The molecule has 0 spiro atoms. The van der Waals surface area contributed by atoms with Crippen LogP contribution >= 0.6 is 15.9 Å². The largest absolute Gasteiger partial charge is 0.493 e. The fourth-order valence-corrected chi connectivity index (χ4v) is 1.95. The van der Waals surface area contributed by atoms with Crippen molar-refractivity contribution in [3.63, 3.8) is 0 Å². The van der Waals surface area contributed by atoms with Crippen molar-refractivity contribution < 1.29 is 4.74 Å². The molecule has 0 amide bonds. The van der Waals surface area contributed by atoms with E-state index in [-0.39, 0.29) is 6.04 Å². The van der Waals surface area contributed by atoms with Crippen LogP contribution in [0.2, 0.25) is 0 Å². The Bertz CT molecular complexity index is 353. The van der Waals surface area contributed by atoms with Crippen LogP contribution in [0, 0.1) is 0 Å². The number of ether oxygens (including phenoxy) is 1. The van der Waals surface area contributed by atoms with E-state index >= 15 is 0 Å². The summed E-state index contributed by atoms with van der Waals surface area (Å²) in [6.45, 7) is 3.72. The second-order valence-corrected chi connectivity index (χ2v) is 5.39. The summed E-state index contributed by atoms with van der Waals surface area (Å²) in [6.07, 6.45) is 1.02. The summed E-state index contributed by atoms with van der Waals surface area (Å²) in [5.74, 6) is 0.891. The first-order valence-corrected chi connectivity index (χ1v) is 6.62. The van der Waals surface area contributed by atoms with Gasteiger partial charge in [0.2, 0.25) is 0 Å². The first-order valence-electron chi connectivity index (χ1n) is 5.83. The molecule has 0 aliphatic carbocycles. The maximum Gasteiger partial charge on any atom is 0.124 e. The lowest BCUT2D eigenvalue weighted by molar-refractivity contribution is 0.278. The highest BCUT2D eigenvalue weighted by Crippen LogP contribution is 2.27. The fourth-order valence-electron chi connectivity index (χ4n) is 1.57. The van der Waals surface area contributed by atoms with E-state index in [1.54, 1.807) is 0 Å². The number of halogens is 1. The Morgan fingerprint density at radius 3 is 2.71 bits per heavy atom. The van der Waals surface area contributed by atoms with Crippen LogP contribution in [0.3, 0.4) is 0 Å². The lowest BCUT2D eigenvalue weighted by Gasteiger charge is -2.15. The van der Waals surface area contributed by atoms with Gasteiger partial charge in [0.05, 0.1) is 6.61 Å². The van der Waals surface area contributed by atoms with Crippen molar-refractivity contribution in [3.05, 3.63) is 28.2 Å². The van der Waals surface area contributed by atoms with E-state index in [4.69, 9.17) is 10.5 Å². The maximum absolute atomic E-state index is 5.93. The molecule has 96 valence electrons. The second kappa shape index (κ2) is 6.99.